The number of carbonyl (C=O) groups is 3. The second-order valence-electron chi connectivity index (χ2n) is 5.92. The van der Waals surface area contributed by atoms with Crippen molar-refractivity contribution in [3.05, 3.63) is 51.4 Å². The SMILES string of the molecule is Cc1cccc(C(=O)OCC(=O)Nc2sc3c(c2C(N)=O)CCC3)c1. The molecule has 2 amide bonds. The molecule has 0 aliphatic heterocycles. The summed E-state index contributed by atoms with van der Waals surface area (Å²) in [6, 6.07) is 6.93. The number of hydrogen-bond acceptors (Lipinski definition) is 5. The quantitative estimate of drug-likeness (QED) is 0.802. The van der Waals surface area contributed by atoms with Crippen molar-refractivity contribution in [2.75, 3.05) is 11.9 Å². The van der Waals surface area contributed by atoms with E-state index in [0.717, 1.165) is 35.3 Å². The lowest BCUT2D eigenvalue weighted by atomic mass is 10.1. The minimum Gasteiger partial charge on any atom is -0.452 e. The van der Waals surface area contributed by atoms with Crippen LogP contribution in [0.15, 0.2) is 24.3 Å². The van der Waals surface area contributed by atoms with E-state index in [2.05, 4.69) is 5.32 Å². The van der Waals surface area contributed by atoms with Crippen LogP contribution in [0.25, 0.3) is 0 Å². The van der Waals surface area contributed by atoms with Gasteiger partial charge in [0.15, 0.2) is 6.61 Å². The number of amides is 2. The third-order valence-corrected chi connectivity index (χ3v) is 5.22. The molecule has 0 saturated carbocycles. The Morgan fingerprint density at radius 2 is 2.08 bits per heavy atom. The molecule has 1 aromatic heterocycles. The summed E-state index contributed by atoms with van der Waals surface area (Å²) >= 11 is 1.36. The summed E-state index contributed by atoms with van der Waals surface area (Å²) in [4.78, 5) is 36.8. The Morgan fingerprint density at radius 1 is 1.28 bits per heavy atom. The van der Waals surface area contributed by atoms with Crippen molar-refractivity contribution in [1.29, 1.82) is 0 Å². The van der Waals surface area contributed by atoms with Crippen LogP contribution < -0.4 is 11.1 Å². The molecule has 25 heavy (non-hydrogen) atoms. The molecule has 7 heteroatoms. The van der Waals surface area contributed by atoms with Crippen LogP contribution in [-0.2, 0) is 22.4 Å². The molecule has 0 bridgehead atoms. The molecule has 1 aliphatic carbocycles. The number of ether oxygens (including phenoxy) is 1. The summed E-state index contributed by atoms with van der Waals surface area (Å²) in [5.41, 5.74) is 8.09. The molecule has 0 saturated heterocycles. The molecular weight excluding hydrogens is 340 g/mol. The van der Waals surface area contributed by atoms with E-state index in [-0.39, 0.29) is 0 Å². The van der Waals surface area contributed by atoms with Crippen LogP contribution in [0.3, 0.4) is 0 Å². The summed E-state index contributed by atoms with van der Waals surface area (Å²) in [5, 5.41) is 3.08. The molecule has 0 unspecified atom stereocenters. The number of esters is 1. The fourth-order valence-electron chi connectivity index (χ4n) is 2.90. The van der Waals surface area contributed by atoms with Gasteiger partial charge in [-0.05, 0) is 43.9 Å². The van der Waals surface area contributed by atoms with Gasteiger partial charge in [0.1, 0.15) is 5.00 Å². The minimum absolute atomic E-state index is 0.385. The second-order valence-corrected chi connectivity index (χ2v) is 7.02. The highest BCUT2D eigenvalue weighted by molar-refractivity contribution is 7.17. The molecule has 1 aliphatic rings. The van der Waals surface area contributed by atoms with Gasteiger partial charge < -0.3 is 15.8 Å². The molecule has 6 nitrogen and oxygen atoms in total. The maximum Gasteiger partial charge on any atom is 0.338 e. The number of rotatable bonds is 5. The number of nitrogens with one attached hydrogen (secondary N) is 1. The highest BCUT2D eigenvalue weighted by atomic mass is 32.1. The first-order valence-corrected chi connectivity index (χ1v) is 8.75. The fourth-order valence-corrected chi connectivity index (χ4v) is 4.21. The monoisotopic (exact) mass is 358 g/mol. The Hall–Kier alpha value is -2.67. The Labute approximate surface area is 149 Å². The van der Waals surface area contributed by atoms with E-state index in [1.807, 2.05) is 13.0 Å². The average molecular weight is 358 g/mol. The van der Waals surface area contributed by atoms with Crippen molar-refractivity contribution in [3.8, 4) is 0 Å². The lowest BCUT2D eigenvalue weighted by Crippen LogP contribution is -2.22. The van der Waals surface area contributed by atoms with Crippen molar-refractivity contribution < 1.29 is 19.1 Å². The van der Waals surface area contributed by atoms with E-state index in [4.69, 9.17) is 10.5 Å². The second kappa shape index (κ2) is 7.06. The smallest absolute Gasteiger partial charge is 0.338 e. The summed E-state index contributed by atoms with van der Waals surface area (Å²) in [6.07, 6.45) is 2.67. The van der Waals surface area contributed by atoms with Crippen molar-refractivity contribution in [1.82, 2.24) is 0 Å². The van der Waals surface area contributed by atoms with Gasteiger partial charge in [0.25, 0.3) is 11.8 Å². The Bertz CT molecular complexity index is 857. The van der Waals surface area contributed by atoms with Crippen LogP contribution >= 0.6 is 11.3 Å². The number of benzene rings is 1. The highest BCUT2D eigenvalue weighted by Crippen LogP contribution is 2.38. The van der Waals surface area contributed by atoms with Crippen LogP contribution in [0, 0.1) is 6.92 Å². The van der Waals surface area contributed by atoms with E-state index in [1.165, 1.54) is 11.3 Å². The van der Waals surface area contributed by atoms with Gasteiger partial charge in [0, 0.05) is 4.88 Å². The number of fused-ring (bicyclic) bond motifs is 1. The molecule has 130 valence electrons. The molecule has 0 radical (unpaired) electrons. The molecule has 0 atom stereocenters. The first kappa shape index (κ1) is 17.2. The minimum atomic E-state index is -0.567. The number of hydrogen-bond donors (Lipinski definition) is 2. The van der Waals surface area contributed by atoms with Gasteiger partial charge in [-0.1, -0.05) is 17.7 Å². The molecule has 2 aromatic rings. The van der Waals surface area contributed by atoms with Gasteiger partial charge in [-0.2, -0.15) is 0 Å². The van der Waals surface area contributed by atoms with Gasteiger partial charge in [0.05, 0.1) is 11.1 Å². The third kappa shape index (κ3) is 3.71. The van der Waals surface area contributed by atoms with Crippen molar-refractivity contribution in [3.63, 3.8) is 0 Å². The maximum atomic E-state index is 12.1. The summed E-state index contributed by atoms with van der Waals surface area (Å²) in [5.74, 6) is -1.61. The van der Waals surface area contributed by atoms with E-state index in [9.17, 15) is 14.4 Å². The number of thiophene rings is 1. The van der Waals surface area contributed by atoms with Crippen LogP contribution in [0.4, 0.5) is 5.00 Å². The van der Waals surface area contributed by atoms with Gasteiger partial charge in [-0.15, -0.1) is 11.3 Å². The van der Waals surface area contributed by atoms with E-state index >= 15 is 0 Å². The molecule has 1 aromatic carbocycles. The van der Waals surface area contributed by atoms with Crippen molar-refractivity contribution in [2.24, 2.45) is 5.73 Å². The lowest BCUT2D eigenvalue weighted by Gasteiger charge is -2.07. The summed E-state index contributed by atoms with van der Waals surface area (Å²) in [6.45, 7) is 1.44. The van der Waals surface area contributed by atoms with Crippen molar-refractivity contribution in [2.45, 2.75) is 26.2 Å². The predicted octanol–water partition coefficient (Wildman–Crippen LogP) is 2.44. The predicted molar refractivity (Wildman–Crippen MR) is 95.0 cm³/mol. The third-order valence-electron chi connectivity index (χ3n) is 4.01. The van der Waals surface area contributed by atoms with Crippen LogP contribution in [0.2, 0.25) is 0 Å². The largest absolute Gasteiger partial charge is 0.452 e. The Balaban J connectivity index is 1.64. The average Bonchev–Trinajstić information content (AvgIpc) is 3.12. The molecule has 3 rings (SSSR count). The molecule has 3 N–H and O–H groups in total. The molecule has 0 spiro atoms. The summed E-state index contributed by atoms with van der Waals surface area (Å²) in [7, 11) is 0. The maximum absolute atomic E-state index is 12.1. The molecule has 0 fully saturated rings. The van der Waals surface area contributed by atoms with E-state index in [0.29, 0.717) is 16.1 Å². The number of anilines is 1. The number of nitrogens with two attached hydrogens (primary N) is 1. The van der Waals surface area contributed by atoms with Gasteiger partial charge in [0.2, 0.25) is 0 Å². The zero-order valence-corrected chi connectivity index (χ0v) is 14.6. The number of primary amides is 1. The standard InChI is InChI=1S/C18H18N2O4S/c1-10-4-2-5-11(8-10)18(23)24-9-14(21)20-17-15(16(19)22)12-6-3-7-13(12)25-17/h2,4-5,8H,3,6-7,9H2,1H3,(H2,19,22)(H,20,21). The van der Waals surface area contributed by atoms with Crippen LogP contribution in [-0.4, -0.2) is 24.4 Å². The lowest BCUT2D eigenvalue weighted by molar-refractivity contribution is -0.119. The first-order valence-electron chi connectivity index (χ1n) is 7.93. The Kier molecular flexibility index (Phi) is 4.85. The van der Waals surface area contributed by atoms with Gasteiger partial charge >= 0.3 is 5.97 Å². The van der Waals surface area contributed by atoms with Crippen LogP contribution in [0.5, 0.6) is 0 Å². The first-order chi connectivity index (χ1) is 12.0. The van der Waals surface area contributed by atoms with Crippen LogP contribution in [0.1, 0.15) is 43.1 Å². The normalized spacial score (nSPS) is 12.5. The van der Waals surface area contributed by atoms with E-state index < -0.39 is 24.4 Å². The highest BCUT2D eigenvalue weighted by Gasteiger charge is 2.26. The molecular formula is C18H18N2O4S. The topological polar surface area (TPSA) is 98.5 Å². The zero-order valence-electron chi connectivity index (χ0n) is 13.8. The number of carbonyl (C=O) groups excluding carboxylic acids is 3. The number of aryl methyl sites for hydroxylation is 2. The zero-order chi connectivity index (χ0) is 18.0. The Morgan fingerprint density at radius 3 is 2.80 bits per heavy atom. The van der Waals surface area contributed by atoms with Gasteiger partial charge in [-0.25, -0.2) is 4.79 Å². The molecule has 1 heterocycles. The van der Waals surface area contributed by atoms with Crippen molar-refractivity contribution >= 4 is 34.1 Å². The fraction of sp³-hybridized carbons (Fsp3) is 0.278. The van der Waals surface area contributed by atoms with E-state index in [1.54, 1.807) is 18.2 Å². The summed E-state index contributed by atoms with van der Waals surface area (Å²) < 4.78 is 5.03. The van der Waals surface area contributed by atoms with Gasteiger partial charge in [-0.3, -0.25) is 9.59 Å².